The molecule has 1 unspecified atom stereocenters. The van der Waals surface area contributed by atoms with Gasteiger partial charge < -0.3 is 19.3 Å². The first-order valence-corrected chi connectivity index (χ1v) is 6.34. The highest BCUT2D eigenvalue weighted by atomic mass is 16.6. The molecule has 0 radical (unpaired) electrons. The van der Waals surface area contributed by atoms with E-state index in [4.69, 9.17) is 14.2 Å². The summed E-state index contributed by atoms with van der Waals surface area (Å²) in [5.74, 6) is 0. The molecule has 3 rings (SSSR count). The van der Waals surface area contributed by atoms with Crippen LogP contribution in [0.5, 0.6) is 0 Å². The van der Waals surface area contributed by atoms with Crippen molar-refractivity contribution in [3.05, 3.63) is 35.9 Å². The molecule has 0 spiro atoms. The predicted octanol–water partition coefficient (Wildman–Crippen LogP) is 1.12. The Kier molecular flexibility index (Phi) is 3.35. The van der Waals surface area contributed by atoms with Gasteiger partial charge in [0.05, 0.1) is 32.5 Å². The van der Waals surface area contributed by atoms with Crippen molar-refractivity contribution in [2.75, 3.05) is 19.8 Å². The molecule has 98 valence electrons. The van der Waals surface area contributed by atoms with Crippen LogP contribution < -0.4 is 0 Å². The minimum atomic E-state index is -0.436. The Morgan fingerprint density at radius 3 is 2.89 bits per heavy atom. The zero-order chi connectivity index (χ0) is 12.4. The highest BCUT2D eigenvalue weighted by molar-refractivity contribution is 5.13. The van der Waals surface area contributed by atoms with E-state index in [1.165, 1.54) is 0 Å². The van der Waals surface area contributed by atoms with Crippen LogP contribution in [0.2, 0.25) is 0 Å². The van der Waals surface area contributed by atoms with E-state index in [2.05, 4.69) is 0 Å². The number of rotatable bonds is 5. The van der Waals surface area contributed by atoms with Gasteiger partial charge in [0.1, 0.15) is 11.7 Å². The van der Waals surface area contributed by atoms with Crippen molar-refractivity contribution in [2.45, 2.75) is 30.8 Å². The van der Waals surface area contributed by atoms with E-state index in [-0.39, 0.29) is 18.8 Å². The summed E-state index contributed by atoms with van der Waals surface area (Å²) in [7, 11) is 0. The second-order valence-corrected chi connectivity index (χ2v) is 4.99. The second kappa shape index (κ2) is 4.97. The summed E-state index contributed by atoms with van der Waals surface area (Å²) < 4.78 is 17.2. The molecule has 0 aliphatic carbocycles. The van der Waals surface area contributed by atoms with Gasteiger partial charge in [0.2, 0.25) is 0 Å². The van der Waals surface area contributed by atoms with Crippen LogP contribution in [0.3, 0.4) is 0 Å². The Labute approximate surface area is 106 Å². The molecular weight excluding hydrogens is 232 g/mol. The number of fused-ring (bicyclic) bond motifs is 2. The van der Waals surface area contributed by atoms with Gasteiger partial charge in [-0.1, -0.05) is 30.3 Å². The first-order valence-electron chi connectivity index (χ1n) is 6.34. The number of ether oxygens (including phenoxy) is 3. The quantitative estimate of drug-likeness (QED) is 0.851. The van der Waals surface area contributed by atoms with Crippen LogP contribution in [0, 0.1) is 0 Å². The molecular formula is C14H18O4. The van der Waals surface area contributed by atoms with Gasteiger partial charge >= 0.3 is 0 Å². The van der Waals surface area contributed by atoms with E-state index in [0.717, 1.165) is 12.0 Å². The van der Waals surface area contributed by atoms with Crippen molar-refractivity contribution in [3.8, 4) is 0 Å². The minimum Gasteiger partial charge on any atom is -0.394 e. The molecule has 2 saturated heterocycles. The van der Waals surface area contributed by atoms with Crippen molar-refractivity contribution >= 4 is 0 Å². The van der Waals surface area contributed by atoms with Crippen molar-refractivity contribution in [1.29, 1.82) is 0 Å². The fraction of sp³-hybridized carbons (Fsp3) is 0.571. The largest absolute Gasteiger partial charge is 0.394 e. The first kappa shape index (κ1) is 12.1. The lowest BCUT2D eigenvalue weighted by molar-refractivity contribution is -0.180. The lowest BCUT2D eigenvalue weighted by Gasteiger charge is -2.32. The summed E-state index contributed by atoms with van der Waals surface area (Å²) >= 11 is 0. The molecule has 0 amide bonds. The SMILES string of the molecule is OCC1O[C@H]2CO[C@]1(COCc1ccccc1)C2. The molecule has 0 aromatic heterocycles. The van der Waals surface area contributed by atoms with Crippen molar-refractivity contribution in [1.82, 2.24) is 0 Å². The maximum atomic E-state index is 9.31. The molecule has 2 bridgehead atoms. The number of benzene rings is 1. The standard InChI is InChI=1S/C14H18O4/c15-7-13-14(6-12(18-13)9-17-14)10-16-8-11-4-2-1-3-5-11/h1-5,12-13,15H,6-10H2/t12-,13?,14+/m1/s1. The van der Waals surface area contributed by atoms with Crippen LogP contribution >= 0.6 is 0 Å². The second-order valence-electron chi connectivity index (χ2n) is 4.99. The number of aliphatic hydroxyl groups excluding tert-OH is 1. The van der Waals surface area contributed by atoms with Crippen LogP contribution in [-0.4, -0.2) is 42.7 Å². The molecule has 2 heterocycles. The van der Waals surface area contributed by atoms with Gasteiger partial charge in [0.15, 0.2) is 0 Å². The molecule has 4 nitrogen and oxygen atoms in total. The van der Waals surface area contributed by atoms with Gasteiger partial charge in [-0.3, -0.25) is 0 Å². The summed E-state index contributed by atoms with van der Waals surface area (Å²) in [4.78, 5) is 0. The van der Waals surface area contributed by atoms with Gasteiger partial charge in [-0.25, -0.2) is 0 Å². The molecule has 18 heavy (non-hydrogen) atoms. The topological polar surface area (TPSA) is 47.9 Å². The van der Waals surface area contributed by atoms with Crippen LogP contribution in [0.4, 0.5) is 0 Å². The monoisotopic (exact) mass is 250 g/mol. The van der Waals surface area contributed by atoms with Crippen molar-refractivity contribution < 1.29 is 19.3 Å². The zero-order valence-corrected chi connectivity index (χ0v) is 10.2. The smallest absolute Gasteiger partial charge is 0.122 e. The van der Waals surface area contributed by atoms with Crippen molar-refractivity contribution in [2.24, 2.45) is 0 Å². The number of hydrogen-bond donors (Lipinski definition) is 1. The van der Waals surface area contributed by atoms with Crippen LogP contribution in [0.1, 0.15) is 12.0 Å². The first-order chi connectivity index (χ1) is 8.82. The maximum Gasteiger partial charge on any atom is 0.122 e. The van der Waals surface area contributed by atoms with Gasteiger partial charge in [0.25, 0.3) is 0 Å². The lowest BCUT2D eigenvalue weighted by atomic mass is 9.97. The molecule has 1 N–H and O–H groups in total. The van der Waals surface area contributed by atoms with Gasteiger partial charge in [-0.2, -0.15) is 0 Å². The third kappa shape index (κ3) is 2.17. The van der Waals surface area contributed by atoms with E-state index in [9.17, 15) is 5.11 Å². The fourth-order valence-electron chi connectivity index (χ4n) is 2.75. The summed E-state index contributed by atoms with van der Waals surface area (Å²) in [6.07, 6.45) is 0.710. The van der Waals surface area contributed by atoms with Crippen LogP contribution in [-0.2, 0) is 20.8 Å². The molecule has 1 aromatic carbocycles. The average Bonchev–Trinajstić information content (AvgIpc) is 2.97. The maximum absolute atomic E-state index is 9.31. The normalized spacial score (nSPS) is 34.1. The third-order valence-electron chi connectivity index (χ3n) is 3.70. The Bertz CT molecular complexity index is 394. The zero-order valence-electron chi connectivity index (χ0n) is 10.2. The molecule has 1 aromatic rings. The molecule has 3 atom stereocenters. The van der Waals surface area contributed by atoms with E-state index in [0.29, 0.717) is 19.8 Å². The Morgan fingerprint density at radius 1 is 1.33 bits per heavy atom. The molecule has 2 fully saturated rings. The van der Waals surface area contributed by atoms with Crippen LogP contribution in [0.15, 0.2) is 30.3 Å². The average molecular weight is 250 g/mol. The Balaban J connectivity index is 1.56. The van der Waals surface area contributed by atoms with E-state index >= 15 is 0 Å². The summed E-state index contributed by atoms with van der Waals surface area (Å²) in [5.41, 5.74) is 0.705. The third-order valence-corrected chi connectivity index (χ3v) is 3.70. The minimum absolute atomic E-state index is 0.00873. The molecule has 2 aliphatic heterocycles. The predicted molar refractivity (Wildman–Crippen MR) is 65.1 cm³/mol. The summed E-state index contributed by atoms with van der Waals surface area (Å²) in [6, 6.07) is 10.0. The number of aliphatic hydroxyl groups is 1. The fourth-order valence-corrected chi connectivity index (χ4v) is 2.75. The van der Waals surface area contributed by atoms with Gasteiger partial charge in [-0.05, 0) is 5.56 Å². The summed E-state index contributed by atoms with van der Waals surface area (Å²) in [6.45, 7) is 1.65. The van der Waals surface area contributed by atoms with Gasteiger partial charge in [-0.15, -0.1) is 0 Å². The summed E-state index contributed by atoms with van der Waals surface area (Å²) in [5, 5.41) is 9.31. The highest BCUT2D eigenvalue weighted by Crippen LogP contribution is 2.40. The van der Waals surface area contributed by atoms with E-state index < -0.39 is 5.60 Å². The van der Waals surface area contributed by atoms with E-state index in [1.54, 1.807) is 0 Å². The number of hydrogen-bond acceptors (Lipinski definition) is 4. The Hall–Kier alpha value is -0.940. The van der Waals surface area contributed by atoms with Crippen LogP contribution in [0.25, 0.3) is 0 Å². The molecule has 2 aliphatic rings. The van der Waals surface area contributed by atoms with Crippen molar-refractivity contribution in [3.63, 3.8) is 0 Å². The molecule has 4 heteroatoms. The van der Waals surface area contributed by atoms with E-state index in [1.807, 2.05) is 30.3 Å². The molecule has 0 saturated carbocycles. The highest BCUT2D eigenvalue weighted by Gasteiger charge is 2.54. The lowest BCUT2D eigenvalue weighted by Crippen LogP contribution is -2.47. The Morgan fingerprint density at radius 2 is 2.17 bits per heavy atom. The van der Waals surface area contributed by atoms with Gasteiger partial charge in [0, 0.05) is 6.42 Å².